The number of phosphoric acid groups is 3. The fourth-order valence-corrected chi connectivity index (χ4v) is 10.7. The number of rotatable bonds is 35. The highest BCUT2D eigenvalue weighted by atomic mass is 32.2. The third-order valence-electron chi connectivity index (χ3n) is 10.9. The Hall–Kier alpha value is -2.44. The zero-order chi connectivity index (χ0) is 50.5. The number of thioether (sulfide) groups is 1. The lowest BCUT2D eigenvalue weighted by atomic mass is 9.87. The van der Waals surface area contributed by atoms with Crippen LogP contribution in [0.1, 0.15) is 137 Å². The highest BCUT2D eigenvalue weighted by molar-refractivity contribution is 8.13. The standard InChI is InChI=1S/C40H72N7O17P3S/c1-28(2)18-16-14-12-10-8-6-5-7-9-11-13-15-17-19-31(49)68-23-22-42-30(48)20-21-43-38(52)35(51)40(3,4)25-61-67(58,59)64-66(56,57)60-24-29-34(63-65(53,54)55)33(50)39(62-29)47-27-46-32-36(41)44-26-45-37(32)47/h26-29,33-35,39,50-51H,5-25H2,1-4H3,(H,42,48)(H,43,52)(H,56,57)(H,58,59)(H2,41,44,45)(H2,53,54,55)/t29-,33-,34-,35+,39-/m0/s1. The van der Waals surface area contributed by atoms with E-state index in [1.165, 1.54) is 84.5 Å². The molecule has 2 unspecified atom stereocenters. The fraction of sp³-hybridized carbons (Fsp3) is 0.800. The van der Waals surface area contributed by atoms with Crippen LogP contribution in [0, 0.1) is 11.3 Å². The van der Waals surface area contributed by atoms with Crippen molar-refractivity contribution in [2.45, 2.75) is 161 Å². The molecule has 2 aromatic rings. The summed E-state index contributed by atoms with van der Waals surface area (Å²) in [6.45, 7) is 5.14. The maximum atomic E-state index is 12.7. The lowest BCUT2D eigenvalue weighted by Crippen LogP contribution is -2.46. The summed E-state index contributed by atoms with van der Waals surface area (Å²) in [5.74, 6) is -0.214. The summed E-state index contributed by atoms with van der Waals surface area (Å²) < 4.78 is 62.5. The number of nitrogen functional groups attached to an aromatic ring is 1. The summed E-state index contributed by atoms with van der Waals surface area (Å²) in [5, 5.41) is 26.7. The maximum Gasteiger partial charge on any atom is 0.481 e. The molecule has 0 bridgehead atoms. The number of fused-ring (bicyclic) bond motifs is 1. The Morgan fingerprint density at radius 3 is 2.04 bits per heavy atom. The second kappa shape index (κ2) is 29.2. The van der Waals surface area contributed by atoms with E-state index >= 15 is 0 Å². The molecular weight excluding hydrogens is 975 g/mol. The molecular formula is C40H72N7O17P3S. The zero-order valence-corrected chi connectivity index (χ0v) is 42.8. The minimum atomic E-state index is -5.57. The zero-order valence-electron chi connectivity index (χ0n) is 39.3. The van der Waals surface area contributed by atoms with Gasteiger partial charge >= 0.3 is 23.5 Å². The van der Waals surface area contributed by atoms with Crippen LogP contribution in [0.3, 0.4) is 0 Å². The molecule has 10 N–H and O–H groups in total. The summed E-state index contributed by atoms with van der Waals surface area (Å²) in [7, 11) is -16.4. The first-order valence-electron chi connectivity index (χ1n) is 23.0. The number of aliphatic hydroxyl groups excluding tert-OH is 2. The molecule has 7 atom stereocenters. The Morgan fingerprint density at radius 1 is 0.853 bits per heavy atom. The molecule has 0 aliphatic carbocycles. The monoisotopic (exact) mass is 1050 g/mol. The molecule has 2 aromatic heterocycles. The highest BCUT2D eigenvalue weighted by Gasteiger charge is 2.50. The number of aliphatic hydroxyl groups is 2. The van der Waals surface area contributed by atoms with Crippen LogP contribution in [-0.4, -0.2) is 123 Å². The number of ether oxygens (including phenoxy) is 1. The lowest BCUT2D eigenvalue weighted by Gasteiger charge is -2.30. The van der Waals surface area contributed by atoms with Crippen molar-refractivity contribution in [3.63, 3.8) is 0 Å². The molecule has 28 heteroatoms. The van der Waals surface area contributed by atoms with Gasteiger partial charge in [-0.1, -0.05) is 123 Å². The highest BCUT2D eigenvalue weighted by Crippen LogP contribution is 2.61. The van der Waals surface area contributed by atoms with Crippen LogP contribution in [-0.2, 0) is 50.7 Å². The smallest absolute Gasteiger partial charge is 0.386 e. The van der Waals surface area contributed by atoms with Gasteiger partial charge in [0, 0.05) is 37.1 Å². The molecule has 1 aliphatic heterocycles. The average molecular weight is 1050 g/mol. The van der Waals surface area contributed by atoms with Gasteiger partial charge in [-0.3, -0.25) is 32.5 Å². The molecule has 1 saturated heterocycles. The molecule has 1 fully saturated rings. The van der Waals surface area contributed by atoms with Gasteiger partial charge in [-0.15, -0.1) is 0 Å². The number of imidazole rings is 1. The number of carbonyl (C=O) groups excluding carboxylic acids is 3. The third kappa shape index (κ3) is 22.3. The minimum Gasteiger partial charge on any atom is -0.386 e. The molecule has 68 heavy (non-hydrogen) atoms. The van der Waals surface area contributed by atoms with Crippen LogP contribution >= 0.6 is 35.2 Å². The van der Waals surface area contributed by atoms with E-state index in [0.717, 1.165) is 54.2 Å². The molecule has 1 aliphatic rings. The van der Waals surface area contributed by atoms with Crippen molar-refractivity contribution in [3.8, 4) is 0 Å². The van der Waals surface area contributed by atoms with Crippen molar-refractivity contribution in [3.05, 3.63) is 12.7 Å². The second-order valence-electron chi connectivity index (χ2n) is 17.8. The molecule has 2 amide bonds. The number of aromatic nitrogens is 4. The van der Waals surface area contributed by atoms with Gasteiger partial charge in [0.05, 0.1) is 19.5 Å². The van der Waals surface area contributed by atoms with E-state index in [-0.39, 0.29) is 41.6 Å². The van der Waals surface area contributed by atoms with Gasteiger partial charge in [-0.25, -0.2) is 28.6 Å². The largest absolute Gasteiger partial charge is 0.481 e. The number of nitrogens with two attached hydrogens (primary N) is 1. The molecule has 0 spiro atoms. The Labute approximate surface area is 401 Å². The van der Waals surface area contributed by atoms with Crippen LogP contribution in [0.4, 0.5) is 5.82 Å². The molecule has 24 nitrogen and oxygen atoms in total. The number of hydrogen-bond acceptors (Lipinski definition) is 18. The van der Waals surface area contributed by atoms with Crippen molar-refractivity contribution < 1.29 is 80.5 Å². The quantitative estimate of drug-likeness (QED) is 0.0317. The van der Waals surface area contributed by atoms with Gasteiger partial charge in [-0.2, -0.15) is 4.31 Å². The Balaban J connectivity index is 1.28. The van der Waals surface area contributed by atoms with Crippen LogP contribution in [0.15, 0.2) is 12.7 Å². The van der Waals surface area contributed by atoms with Gasteiger partial charge in [-0.05, 0) is 12.3 Å². The lowest BCUT2D eigenvalue weighted by molar-refractivity contribution is -0.137. The first-order chi connectivity index (χ1) is 31.9. The summed E-state index contributed by atoms with van der Waals surface area (Å²) >= 11 is 1.16. The van der Waals surface area contributed by atoms with E-state index in [9.17, 15) is 57.9 Å². The number of anilines is 1. The Kier molecular flexibility index (Phi) is 25.7. The SMILES string of the molecule is CC(C)CCCCCCCCCCCCCCCC(=O)SCCNC(=O)CCNC(=O)[C@@H](O)C(C)(C)COP(=O)(O)OP(=O)(O)OC[C@@H]1O[C@H](n2cnc3c(N)ncnc32)[C@@H](O)[C@H]1OP(=O)(O)O. The van der Waals surface area contributed by atoms with E-state index in [2.05, 4.69) is 48.3 Å². The number of phosphoric ester groups is 3. The molecule has 0 saturated carbocycles. The average Bonchev–Trinajstić information content (AvgIpc) is 3.81. The van der Waals surface area contributed by atoms with Crippen LogP contribution < -0.4 is 16.4 Å². The van der Waals surface area contributed by atoms with Gasteiger partial charge in [0.1, 0.15) is 36.3 Å². The first-order valence-corrected chi connectivity index (χ1v) is 28.5. The molecule has 390 valence electrons. The topological polar surface area (TPSA) is 364 Å². The van der Waals surface area contributed by atoms with Crippen molar-refractivity contribution in [2.75, 3.05) is 37.8 Å². The van der Waals surface area contributed by atoms with Crippen molar-refractivity contribution >= 4 is 69.1 Å². The number of nitrogens with zero attached hydrogens (tertiary/aromatic N) is 4. The van der Waals surface area contributed by atoms with Crippen molar-refractivity contribution in [2.24, 2.45) is 11.3 Å². The fourth-order valence-electron chi connectivity index (χ4n) is 7.13. The van der Waals surface area contributed by atoms with E-state index in [0.29, 0.717) is 12.2 Å². The van der Waals surface area contributed by atoms with Gasteiger partial charge < -0.3 is 50.9 Å². The van der Waals surface area contributed by atoms with Gasteiger partial charge in [0.15, 0.2) is 22.8 Å². The summed E-state index contributed by atoms with van der Waals surface area (Å²) in [4.78, 5) is 88.4. The van der Waals surface area contributed by atoms with Gasteiger partial charge in [0.2, 0.25) is 11.8 Å². The second-order valence-corrected chi connectivity index (χ2v) is 23.2. The first kappa shape index (κ1) is 59.9. The van der Waals surface area contributed by atoms with Crippen molar-refractivity contribution in [1.82, 2.24) is 30.2 Å². The van der Waals surface area contributed by atoms with E-state index in [1.807, 2.05) is 0 Å². The van der Waals surface area contributed by atoms with Crippen molar-refractivity contribution in [1.29, 1.82) is 0 Å². The summed E-state index contributed by atoms with van der Waals surface area (Å²) in [6.07, 6.45) is 11.0. The number of carbonyl (C=O) groups is 3. The van der Waals surface area contributed by atoms with Crippen LogP contribution in [0.5, 0.6) is 0 Å². The number of unbranched alkanes of at least 4 members (excludes halogenated alkanes) is 12. The summed E-state index contributed by atoms with van der Waals surface area (Å²) in [6, 6.07) is 0. The van der Waals surface area contributed by atoms with E-state index in [1.54, 1.807) is 0 Å². The van der Waals surface area contributed by atoms with Crippen LogP contribution in [0.25, 0.3) is 11.2 Å². The van der Waals surface area contributed by atoms with E-state index in [4.69, 9.17) is 19.5 Å². The Morgan fingerprint density at radius 2 is 1.44 bits per heavy atom. The van der Waals surface area contributed by atoms with E-state index < -0.39 is 84.6 Å². The Bertz CT molecular complexity index is 2030. The van der Waals surface area contributed by atoms with Crippen LogP contribution in [0.2, 0.25) is 0 Å². The summed E-state index contributed by atoms with van der Waals surface area (Å²) in [5.41, 5.74) is 4.29. The number of hydrogen-bond donors (Lipinski definition) is 9. The third-order valence-corrected chi connectivity index (χ3v) is 15.0. The molecule has 0 radical (unpaired) electrons. The number of nitrogens with one attached hydrogen (secondary N) is 2. The minimum absolute atomic E-state index is 0.0339. The predicted octanol–water partition coefficient (Wildman–Crippen LogP) is 5.17. The predicted molar refractivity (Wildman–Crippen MR) is 251 cm³/mol. The normalized spacial score (nSPS) is 20.0. The van der Waals surface area contributed by atoms with Gasteiger partial charge in [0.25, 0.3) is 0 Å². The molecule has 0 aromatic carbocycles. The molecule has 3 heterocycles. The maximum absolute atomic E-state index is 12.7. The molecule has 3 rings (SSSR count). The number of amides is 2.